The van der Waals surface area contributed by atoms with Gasteiger partial charge in [-0.25, -0.2) is 18.1 Å². The van der Waals surface area contributed by atoms with Crippen LogP contribution in [0.2, 0.25) is 0 Å². The molecule has 0 fully saturated rings. The van der Waals surface area contributed by atoms with Crippen molar-refractivity contribution in [1.82, 2.24) is 4.90 Å². The summed E-state index contributed by atoms with van der Waals surface area (Å²) in [6.07, 6.45) is 1.25. The van der Waals surface area contributed by atoms with Crippen LogP contribution >= 0.6 is 0 Å². The Morgan fingerprint density at radius 3 is 1.97 bits per heavy atom. The Kier molecular flexibility index (Phi) is 8.88. The van der Waals surface area contributed by atoms with E-state index in [4.69, 9.17) is 23.7 Å². The monoisotopic (exact) mass is 516 g/mol. The van der Waals surface area contributed by atoms with Crippen molar-refractivity contribution >= 4 is 27.8 Å². The second-order valence-corrected chi connectivity index (χ2v) is 8.65. The van der Waals surface area contributed by atoms with Crippen LogP contribution in [0, 0.1) is 0 Å². The van der Waals surface area contributed by atoms with E-state index >= 15 is 0 Å². The number of hydrogen-bond acceptors (Lipinski definition) is 9. The van der Waals surface area contributed by atoms with Crippen molar-refractivity contribution in [1.29, 1.82) is 0 Å². The molecule has 0 bridgehead atoms. The van der Waals surface area contributed by atoms with Gasteiger partial charge >= 0.3 is 12.0 Å². The predicted octanol–water partition coefficient (Wildman–Crippen LogP) is 3.19. The van der Waals surface area contributed by atoms with Crippen molar-refractivity contribution in [3.05, 3.63) is 41.3 Å². The zero-order valence-electron chi connectivity index (χ0n) is 19.9. The molecule has 2 aromatic rings. The first-order valence-corrected chi connectivity index (χ1v) is 11.4. The molecule has 1 N–H and O–H groups in total. The Labute approximate surface area is 202 Å². The molecule has 0 aliphatic rings. The van der Waals surface area contributed by atoms with Crippen LogP contribution < -0.4 is 28.4 Å². The average Bonchev–Trinajstić information content (AvgIpc) is 2.81. The van der Waals surface area contributed by atoms with Crippen molar-refractivity contribution in [3.63, 3.8) is 0 Å². The SMILES string of the molecule is COc1cc(OC)c(/C=C/S(=O)(=O)Nc2ccc(OC)c(OC(=O)C(F)(F)N(C)C)c2)c(OC)c1. The molecule has 0 spiro atoms. The number of carbonyl (C=O) groups excluding carboxylic acids is 1. The van der Waals surface area contributed by atoms with Crippen molar-refractivity contribution in [2.45, 2.75) is 6.05 Å². The number of esters is 1. The fraction of sp³-hybridized carbons (Fsp3) is 0.318. The van der Waals surface area contributed by atoms with Gasteiger partial charge < -0.3 is 23.7 Å². The maximum atomic E-state index is 13.9. The van der Waals surface area contributed by atoms with E-state index in [0.29, 0.717) is 27.7 Å². The van der Waals surface area contributed by atoms with Gasteiger partial charge in [-0.2, -0.15) is 8.78 Å². The van der Waals surface area contributed by atoms with Gasteiger partial charge in [0.25, 0.3) is 10.0 Å². The first-order valence-electron chi connectivity index (χ1n) is 9.85. The molecule has 0 aromatic heterocycles. The largest absolute Gasteiger partial charge is 0.496 e. The number of likely N-dealkylation sites (N-methyl/N-ethyl adjacent to an activating group) is 1. The van der Waals surface area contributed by atoms with E-state index in [-0.39, 0.29) is 11.4 Å². The summed E-state index contributed by atoms with van der Waals surface area (Å²) in [7, 11) is 3.38. The molecular formula is C22H26F2N2O8S. The molecule has 192 valence electrons. The Hall–Kier alpha value is -3.58. The minimum absolute atomic E-state index is 0.0564. The number of benzene rings is 2. The zero-order chi connectivity index (χ0) is 26.4. The van der Waals surface area contributed by atoms with E-state index in [9.17, 15) is 22.0 Å². The fourth-order valence-corrected chi connectivity index (χ4v) is 3.56. The lowest BCUT2D eigenvalue weighted by atomic mass is 10.1. The average molecular weight is 517 g/mol. The molecule has 0 radical (unpaired) electrons. The molecule has 35 heavy (non-hydrogen) atoms. The van der Waals surface area contributed by atoms with E-state index in [1.807, 2.05) is 0 Å². The summed E-state index contributed by atoms with van der Waals surface area (Å²) in [5.41, 5.74) is 0.261. The van der Waals surface area contributed by atoms with E-state index < -0.39 is 27.8 Å². The van der Waals surface area contributed by atoms with Crippen LogP contribution in [0.5, 0.6) is 28.7 Å². The third-order valence-corrected chi connectivity index (χ3v) is 5.62. The molecule has 0 amide bonds. The standard InChI is InChI=1S/C22H26F2N2O8S/c1-26(2)22(23,24)21(27)34-20-11-14(7-8-17(20)31-4)25-35(28,29)10-9-16-18(32-5)12-15(30-3)13-19(16)33-6/h7-13,25H,1-6H3/b10-9+. The van der Waals surface area contributed by atoms with Crippen molar-refractivity contribution in [3.8, 4) is 28.7 Å². The highest BCUT2D eigenvalue weighted by Crippen LogP contribution is 2.36. The number of carbonyl (C=O) groups is 1. The molecule has 2 aromatic carbocycles. The molecular weight excluding hydrogens is 490 g/mol. The van der Waals surface area contributed by atoms with Crippen molar-refractivity contribution in [2.24, 2.45) is 0 Å². The van der Waals surface area contributed by atoms with Crippen LogP contribution in [0.3, 0.4) is 0 Å². The Balaban J connectivity index is 2.34. The van der Waals surface area contributed by atoms with Gasteiger partial charge in [0, 0.05) is 18.2 Å². The third-order valence-electron chi connectivity index (χ3n) is 4.60. The first kappa shape index (κ1) is 27.7. The first-order chi connectivity index (χ1) is 16.4. The lowest BCUT2D eigenvalue weighted by molar-refractivity contribution is -0.186. The van der Waals surface area contributed by atoms with Crippen LogP contribution in [0.25, 0.3) is 6.08 Å². The third kappa shape index (κ3) is 6.73. The molecule has 0 saturated heterocycles. The summed E-state index contributed by atoms with van der Waals surface area (Å²) in [4.78, 5) is 12.3. The Morgan fingerprint density at radius 1 is 0.914 bits per heavy atom. The Morgan fingerprint density at radius 2 is 1.49 bits per heavy atom. The van der Waals surface area contributed by atoms with Gasteiger partial charge in [-0.3, -0.25) is 4.72 Å². The van der Waals surface area contributed by atoms with Crippen LogP contribution in [0.1, 0.15) is 5.56 Å². The molecule has 0 aliphatic heterocycles. The smallest absolute Gasteiger partial charge is 0.402 e. The molecule has 10 nitrogen and oxygen atoms in total. The molecule has 2 rings (SSSR count). The van der Waals surface area contributed by atoms with Gasteiger partial charge in [0.2, 0.25) is 0 Å². The maximum Gasteiger partial charge on any atom is 0.402 e. The number of nitrogens with zero attached hydrogens (tertiary/aromatic N) is 1. The zero-order valence-corrected chi connectivity index (χ0v) is 20.7. The lowest BCUT2D eigenvalue weighted by Gasteiger charge is -2.21. The van der Waals surface area contributed by atoms with E-state index in [0.717, 1.165) is 25.6 Å². The van der Waals surface area contributed by atoms with Crippen molar-refractivity contribution < 1.29 is 45.7 Å². The second kappa shape index (κ2) is 11.2. The normalized spacial score (nSPS) is 11.9. The highest BCUT2D eigenvalue weighted by Gasteiger charge is 2.44. The number of ether oxygens (including phenoxy) is 5. The highest BCUT2D eigenvalue weighted by molar-refractivity contribution is 7.95. The predicted molar refractivity (Wildman–Crippen MR) is 125 cm³/mol. The molecule has 13 heteroatoms. The van der Waals surface area contributed by atoms with Gasteiger partial charge in [0.1, 0.15) is 17.2 Å². The van der Waals surface area contributed by atoms with Gasteiger partial charge in [0.15, 0.2) is 11.5 Å². The fourth-order valence-electron chi connectivity index (χ4n) is 2.72. The van der Waals surface area contributed by atoms with E-state index in [1.54, 1.807) is 12.1 Å². The van der Waals surface area contributed by atoms with Gasteiger partial charge in [-0.1, -0.05) is 0 Å². The summed E-state index contributed by atoms with van der Waals surface area (Å²) in [5, 5.41) is 0.857. The quantitative estimate of drug-likeness (QED) is 0.273. The van der Waals surface area contributed by atoms with Crippen LogP contribution in [0.4, 0.5) is 14.5 Å². The molecule has 0 saturated carbocycles. The number of nitrogens with one attached hydrogen (secondary N) is 1. The number of hydrogen-bond donors (Lipinski definition) is 1. The number of anilines is 1. The number of alkyl halides is 2. The number of halogens is 2. The summed E-state index contributed by atoms with van der Waals surface area (Å²) in [5.74, 6) is -1.28. The summed E-state index contributed by atoms with van der Waals surface area (Å²) >= 11 is 0. The summed E-state index contributed by atoms with van der Waals surface area (Å²) < 4.78 is 80.9. The molecule has 0 aliphatic carbocycles. The topological polar surface area (TPSA) is 113 Å². The van der Waals surface area contributed by atoms with Gasteiger partial charge in [-0.15, -0.1) is 0 Å². The van der Waals surface area contributed by atoms with Gasteiger partial charge in [0.05, 0.1) is 45.1 Å². The number of sulfonamides is 1. The minimum atomic E-state index is -4.12. The maximum absolute atomic E-state index is 13.9. The molecule has 0 heterocycles. The number of methoxy groups -OCH3 is 4. The van der Waals surface area contributed by atoms with Crippen molar-refractivity contribution in [2.75, 3.05) is 47.3 Å². The van der Waals surface area contributed by atoms with Gasteiger partial charge in [-0.05, 0) is 32.3 Å². The minimum Gasteiger partial charge on any atom is -0.496 e. The molecule has 0 unspecified atom stereocenters. The van der Waals surface area contributed by atoms with Crippen LogP contribution in [0.15, 0.2) is 35.7 Å². The summed E-state index contributed by atoms with van der Waals surface area (Å²) in [6, 6.07) is 2.79. The lowest BCUT2D eigenvalue weighted by Crippen LogP contribution is -2.45. The van der Waals surface area contributed by atoms with Crippen LogP contribution in [-0.4, -0.2) is 67.9 Å². The van der Waals surface area contributed by atoms with Crippen LogP contribution in [-0.2, 0) is 14.8 Å². The number of rotatable bonds is 11. The molecule has 0 atom stereocenters. The van der Waals surface area contributed by atoms with E-state index in [2.05, 4.69) is 4.72 Å². The second-order valence-electron chi connectivity index (χ2n) is 7.09. The van der Waals surface area contributed by atoms with E-state index in [1.165, 1.54) is 46.6 Å². The Bertz CT molecular complexity index is 1170. The summed E-state index contributed by atoms with van der Waals surface area (Å²) in [6.45, 7) is 0. The highest BCUT2D eigenvalue weighted by atomic mass is 32.2.